The quantitative estimate of drug-likeness (QED) is 0.840. The summed E-state index contributed by atoms with van der Waals surface area (Å²) >= 11 is 6.18. The van der Waals surface area contributed by atoms with E-state index in [1.165, 1.54) is 4.90 Å². The van der Waals surface area contributed by atoms with Crippen molar-refractivity contribution < 1.29 is 19.1 Å². The van der Waals surface area contributed by atoms with Gasteiger partial charge in [-0.25, -0.2) is 4.79 Å². The first-order valence-corrected chi connectivity index (χ1v) is 8.58. The van der Waals surface area contributed by atoms with E-state index >= 15 is 0 Å². The highest BCUT2D eigenvalue weighted by Crippen LogP contribution is 2.35. The molecule has 7 heteroatoms. The molecule has 1 saturated heterocycles. The van der Waals surface area contributed by atoms with Crippen molar-refractivity contribution in [3.8, 4) is 5.75 Å². The van der Waals surface area contributed by atoms with Gasteiger partial charge in [-0.15, -0.1) is 0 Å². The van der Waals surface area contributed by atoms with E-state index in [-0.39, 0.29) is 19.2 Å². The molecule has 0 bridgehead atoms. The first-order valence-electron chi connectivity index (χ1n) is 8.20. The molecule has 1 fully saturated rings. The van der Waals surface area contributed by atoms with Gasteiger partial charge in [0.2, 0.25) is 0 Å². The number of rotatable bonds is 3. The highest BCUT2D eigenvalue weighted by atomic mass is 35.5. The minimum Gasteiger partial charge on any atom is -0.467 e. The van der Waals surface area contributed by atoms with Crippen molar-refractivity contribution in [2.75, 3.05) is 6.79 Å². The van der Waals surface area contributed by atoms with Gasteiger partial charge in [-0.2, -0.15) is 0 Å². The second-order valence-corrected chi connectivity index (χ2v) is 6.91. The van der Waals surface area contributed by atoms with Crippen LogP contribution < -0.4 is 10.1 Å². The molecule has 4 rings (SSSR count). The lowest BCUT2D eigenvalue weighted by Crippen LogP contribution is -2.40. The minimum atomic E-state index is -1.10. The van der Waals surface area contributed by atoms with Gasteiger partial charge in [-0.1, -0.05) is 41.9 Å². The number of imide groups is 1. The molecule has 1 N–H and O–H groups in total. The van der Waals surface area contributed by atoms with Gasteiger partial charge in [0.05, 0.1) is 13.2 Å². The minimum absolute atomic E-state index is 0.0793. The lowest BCUT2D eigenvalue weighted by Gasteiger charge is -2.24. The van der Waals surface area contributed by atoms with Crippen LogP contribution in [0.1, 0.15) is 23.6 Å². The Morgan fingerprint density at radius 3 is 2.77 bits per heavy atom. The van der Waals surface area contributed by atoms with Gasteiger partial charge in [-0.3, -0.25) is 9.69 Å². The molecular formula is C19H17ClN2O4. The Kier molecular flexibility index (Phi) is 4.09. The van der Waals surface area contributed by atoms with E-state index in [0.717, 1.165) is 11.1 Å². The molecule has 26 heavy (non-hydrogen) atoms. The number of fused-ring (bicyclic) bond motifs is 1. The molecule has 0 aliphatic carbocycles. The molecule has 2 heterocycles. The molecule has 2 aliphatic rings. The van der Waals surface area contributed by atoms with Gasteiger partial charge < -0.3 is 14.8 Å². The Morgan fingerprint density at radius 2 is 2.00 bits per heavy atom. The molecule has 0 aromatic heterocycles. The van der Waals surface area contributed by atoms with Crippen LogP contribution in [0.15, 0.2) is 42.5 Å². The van der Waals surface area contributed by atoms with E-state index in [1.807, 2.05) is 30.3 Å². The zero-order valence-electron chi connectivity index (χ0n) is 14.1. The molecule has 134 valence electrons. The normalized spacial score (nSPS) is 22.0. The van der Waals surface area contributed by atoms with Gasteiger partial charge in [0.25, 0.3) is 5.91 Å². The Balaban J connectivity index is 1.67. The molecule has 2 aromatic carbocycles. The maximum atomic E-state index is 13.0. The van der Waals surface area contributed by atoms with E-state index in [4.69, 9.17) is 21.1 Å². The van der Waals surface area contributed by atoms with Crippen LogP contribution in [0, 0.1) is 0 Å². The largest absolute Gasteiger partial charge is 0.467 e. The number of carbonyl (C=O) groups is 2. The summed E-state index contributed by atoms with van der Waals surface area (Å²) in [6.07, 6.45) is 0. The average Bonchev–Trinajstić information content (AvgIpc) is 2.86. The predicted molar refractivity (Wildman–Crippen MR) is 94.6 cm³/mol. The highest BCUT2D eigenvalue weighted by Gasteiger charge is 2.49. The maximum Gasteiger partial charge on any atom is 0.325 e. The third-order valence-electron chi connectivity index (χ3n) is 4.71. The first-order chi connectivity index (χ1) is 12.5. The Bertz CT molecular complexity index is 887. The number of ether oxygens (including phenoxy) is 2. The fraction of sp³-hybridized carbons (Fsp3) is 0.263. The molecule has 1 atom stereocenters. The number of halogens is 1. The Labute approximate surface area is 155 Å². The summed E-state index contributed by atoms with van der Waals surface area (Å²) < 4.78 is 10.8. The number of nitrogens with one attached hydrogen (secondary N) is 1. The molecule has 0 unspecified atom stereocenters. The van der Waals surface area contributed by atoms with Crippen LogP contribution in [0.5, 0.6) is 5.75 Å². The fourth-order valence-electron chi connectivity index (χ4n) is 3.35. The van der Waals surface area contributed by atoms with Crippen LogP contribution >= 0.6 is 11.6 Å². The van der Waals surface area contributed by atoms with Crippen LogP contribution in [0.3, 0.4) is 0 Å². The van der Waals surface area contributed by atoms with Crippen LogP contribution in [0.25, 0.3) is 0 Å². The van der Waals surface area contributed by atoms with Gasteiger partial charge >= 0.3 is 6.03 Å². The monoisotopic (exact) mass is 372 g/mol. The van der Waals surface area contributed by atoms with Crippen molar-refractivity contribution in [1.29, 1.82) is 0 Å². The number of nitrogens with zero attached hydrogens (tertiary/aromatic N) is 1. The zero-order valence-corrected chi connectivity index (χ0v) is 14.9. The zero-order chi connectivity index (χ0) is 18.3. The summed E-state index contributed by atoms with van der Waals surface area (Å²) in [4.78, 5) is 26.8. The summed E-state index contributed by atoms with van der Waals surface area (Å²) in [5, 5.41) is 3.31. The molecule has 0 radical (unpaired) electrons. The van der Waals surface area contributed by atoms with Crippen molar-refractivity contribution in [2.24, 2.45) is 0 Å². The summed E-state index contributed by atoms with van der Waals surface area (Å²) in [5.74, 6) is 0.309. The first kappa shape index (κ1) is 16.9. The summed E-state index contributed by atoms with van der Waals surface area (Å²) in [7, 11) is 0. The number of carbonyl (C=O) groups excluding carboxylic acids is 2. The predicted octanol–water partition coefficient (Wildman–Crippen LogP) is 3.17. The van der Waals surface area contributed by atoms with Gasteiger partial charge in [0, 0.05) is 16.1 Å². The lowest BCUT2D eigenvalue weighted by molar-refractivity contribution is -0.131. The number of benzene rings is 2. The van der Waals surface area contributed by atoms with Crippen LogP contribution in [0.2, 0.25) is 5.02 Å². The fourth-order valence-corrected chi connectivity index (χ4v) is 3.62. The molecule has 6 nitrogen and oxygen atoms in total. The Morgan fingerprint density at radius 1 is 1.23 bits per heavy atom. The van der Waals surface area contributed by atoms with Crippen LogP contribution in [0.4, 0.5) is 4.79 Å². The van der Waals surface area contributed by atoms with Gasteiger partial charge in [0.15, 0.2) is 6.79 Å². The van der Waals surface area contributed by atoms with Crippen molar-refractivity contribution in [3.63, 3.8) is 0 Å². The smallest absolute Gasteiger partial charge is 0.325 e. The third-order valence-corrected chi connectivity index (χ3v) is 4.92. The summed E-state index contributed by atoms with van der Waals surface area (Å²) in [5.41, 5.74) is 1.12. The van der Waals surface area contributed by atoms with Crippen molar-refractivity contribution >= 4 is 23.5 Å². The maximum absolute atomic E-state index is 13.0. The van der Waals surface area contributed by atoms with E-state index < -0.39 is 11.6 Å². The molecular weight excluding hydrogens is 356 g/mol. The number of amides is 3. The highest BCUT2D eigenvalue weighted by molar-refractivity contribution is 6.30. The number of hydrogen-bond acceptors (Lipinski definition) is 4. The molecule has 2 aliphatic heterocycles. The van der Waals surface area contributed by atoms with Gasteiger partial charge in [-0.05, 0) is 24.6 Å². The summed E-state index contributed by atoms with van der Waals surface area (Å²) in [6, 6.07) is 12.2. The lowest BCUT2D eigenvalue weighted by atomic mass is 9.92. The van der Waals surface area contributed by atoms with Crippen molar-refractivity contribution in [1.82, 2.24) is 10.2 Å². The molecule has 0 spiro atoms. The van der Waals surface area contributed by atoms with E-state index in [2.05, 4.69) is 5.32 Å². The van der Waals surface area contributed by atoms with Gasteiger partial charge in [0.1, 0.15) is 11.3 Å². The Hall–Kier alpha value is -2.57. The van der Waals surface area contributed by atoms with Crippen molar-refractivity contribution in [3.05, 3.63) is 64.2 Å². The standard InChI is InChI=1S/C19H17ClN2O4/c1-19(14-5-3-2-4-6-14)17(23)22(18(24)21-19)9-12-7-15(20)8-13-10-25-11-26-16(12)13/h2-8H,9-11H2,1H3,(H,21,24)/t19-/m0/s1. The SMILES string of the molecule is C[C@@]1(c2ccccc2)NC(=O)N(Cc2cc(Cl)cc3c2OCOC3)C1=O. The van der Waals surface area contributed by atoms with Crippen LogP contribution in [-0.2, 0) is 28.2 Å². The third kappa shape index (κ3) is 2.71. The van der Waals surface area contributed by atoms with E-state index in [1.54, 1.807) is 19.1 Å². The number of hydrogen-bond donors (Lipinski definition) is 1. The van der Waals surface area contributed by atoms with E-state index in [0.29, 0.717) is 22.9 Å². The summed E-state index contributed by atoms with van der Waals surface area (Å²) in [6.45, 7) is 2.30. The van der Waals surface area contributed by atoms with E-state index in [9.17, 15) is 9.59 Å². The second-order valence-electron chi connectivity index (χ2n) is 6.48. The average molecular weight is 373 g/mol. The van der Waals surface area contributed by atoms with Crippen LogP contribution in [-0.4, -0.2) is 23.6 Å². The molecule has 0 saturated carbocycles. The second kappa shape index (κ2) is 6.30. The number of urea groups is 1. The topological polar surface area (TPSA) is 67.9 Å². The molecule has 3 amide bonds. The molecule has 2 aromatic rings. The van der Waals surface area contributed by atoms with Crippen molar-refractivity contribution in [2.45, 2.75) is 25.6 Å².